The lowest BCUT2D eigenvalue weighted by molar-refractivity contribution is -0.127. The van der Waals surface area contributed by atoms with E-state index in [1.807, 2.05) is 0 Å². The first-order valence-corrected chi connectivity index (χ1v) is 11.8. The van der Waals surface area contributed by atoms with E-state index in [1.165, 1.54) is 38.4 Å². The quantitative estimate of drug-likeness (QED) is 0.736. The van der Waals surface area contributed by atoms with Crippen molar-refractivity contribution in [1.82, 2.24) is 14.9 Å². The molecule has 160 valence electrons. The molecular weight excluding hydrogens is 390 g/mol. The average molecular weight is 422 g/mol. The van der Waals surface area contributed by atoms with Crippen LogP contribution in [0.25, 0.3) is 0 Å². The molecule has 0 aromatic heterocycles. The van der Waals surface area contributed by atoms with Gasteiger partial charge in [0, 0.05) is 38.2 Å². The second kappa shape index (κ2) is 8.83. The van der Waals surface area contributed by atoms with Crippen LogP contribution in [-0.2, 0) is 14.8 Å². The highest BCUT2D eigenvalue weighted by Gasteiger charge is 2.40. The van der Waals surface area contributed by atoms with Gasteiger partial charge in [0.25, 0.3) is 5.91 Å². The fourth-order valence-corrected chi connectivity index (χ4v) is 5.56. The van der Waals surface area contributed by atoms with Gasteiger partial charge in [-0.15, -0.1) is 0 Å². The molecule has 2 aliphatic rings. The lowest BCUT2D eigenvalue weighted by Crippen LogP contribution is -2.55. The number of amides is 2. The predicted octanol–water partition coefficient (Wildman–Crippen LogP) is 2.14. The summed E-state index contributed by atoms with van der Waals surface area (Å²) in [7, 11) is -0.567. The van der Waals surface area contributed by atoms with Gasteiger partial charge in [0.2, 0.25) is 15.9 Å². The van der Waals surface area contributed by atoms with Gasteiger partial charge < -0.3 is 10.6 Å². The second-order valence-corrected chi connectivity index (χ2v) is 10.5. The fourth-order valence-electron chi connectivity index (χ4n) is 4.66. The number of benzene rings is 1. The Labute approximate surface area is 173 Å². The van der Waals surface area contributed by atoms with Gasteiger partial charge in [0.05, 0.1) is 4.90 Å². The third kappa shape index (κ3) is 4.80. The smallest absolute Gasteiger partial charge is 0.251 e. The van der Waals surface area contributed by atoms with Crippen LogP contribution in [0.3, 0.4) is 0 Å². The van der Waals surface area contributed by atoms with Crippen molar-refractivity contribution in [1.29, 1.82) is 0 Å². The molecule has 7 nitrogen and oxygen atoms in total. The molecule has 3 rings (SSSR count). The molecule has 29 heavy (non-hydrogen) atoms. The molecule has 0 spiro atoms. The van der Waals surface area contributed by atoms with Crippen molar-refractivity contribution in [3.05, 3.63) is 29.8 Å². The van der Waals surface area contributed by atoms with E-state index in [2.05, 4.69) is 17.6 Å². The maximum absolute atomic E-state index is 12.6. The van der Waals surface area contributed by atoms with Crippen LogP contribution < -0.4 is 10.6 Å². The normalized spacial score (nSPS) is 27.2. The fraction of sp³-hybridized carbons (Fsp3) is 0.619. The highest BCUT2D eigenvalue weighted by Crippen LogP contribution is 2.37. The molecule has 1 heterocycles. The number of carbonyl (C=O) groups is 2. The van der Waals surface area contributed by atoms with Gasteiger partial charge >= 0.3 is 0 Å². The van der Waals surface area contributed by atoms with Gasteiger partial charge in [-0.25, -0.2) is 12.7 Å². The summed E-state index contributed by atoms with van der Waals surface area (Å²) in [4.78, 5) is 24.9. The highest BCUT2D eigenvalue weighted by molar-refractivity contribution is 7.89. The molecule has 1 saturated heterocycles. The maximum Gasteiger partial charge on any atom is 0.251 e. The first kappa shape index (κ1) is 21.8. The standard InChI is InChI=1S/C21H31N3O4S/c1-4-5-15-12-20(25)23-19-13-16(8-11-18(15)19)22-21(26)14-6-9-17(10-7-14)29(27,28)24(2)3/h6-7,9-10,15-16,18-19H,4-5,8,11-13H2,1-3H3,(H,22,26)(H,23,25). The summed E-state index contributed by atoms with van der Waals surface area (Å²) in [6, 6.07) is 6.12. The summed E-state index contributed by atoms with van der Waals surface area (Å²) < 4.78 is 25.5. The van der Waals surface area contributed by atoms with Crippen LogP contribution in [0.2, 0.25) is 0 Å². The number of rotatable bonds is 6. The molecule has 0 bridgehead atoms. The lowest BCUT2D eigenvalue weighted by atomic mass is 9.70. The minimum atomic E-state index is -3.51. The number of hydrogen-bond donors (Lipinski definition) is 2. The van der Waals surface area contributed by atoms with Crippen molar-refractivity contribution in [3.63, 3.8) is 0 Å². The summed E-state index contributed by atoms with van der Waals surface area (Å²) >= 11 is 0. The number of nitrogens with one attached hydrogen (secondary N) is 2. The molecule has 1 aliphatic heterocycles. The van der Waals surface area contributed by atoms with Crippen molar-refractivity contribution < 1.29 is 18.0 Å². The van der Waals surface area contributed by atoms with E-state index >= 15 is 0 Å². The Kier molecular flexibility index (Phi) is 6.63. The van der Waals surface area contributed by atoms with Gasteiger partial charge in [-0.3, -0.25) is 9.59 Å². The largest absolute Gasteiger partial charge is 0.353 e. The molecule has 2 fully saturated rings. The number of carbonyl (C=O) groups excluding carboxylic acids is 2. The number of sulfonamides is 1. The van der Waals surface area contributed by atoms with Crippen molar-refractivity contribution >= 4 is 21.8 Å². The molecule has 1 aromatic carbocycles. The van der Waals surface area contributed by atoms with E-state index in [0.717, 1.165) is 36.4 Å². The van der Waals surface area contributed by atoms with Gasteiger partial charge in [0.15, 0.2) is 0 Å². The van der Waals surface area contributed by atoms with Crippen LogP contribution in [0.4, 0.5) is 0 Å². The van der Waals surface area contributed by atoms with E-state index in [0.29, 0.717) is 23.8 Å². The van der Waals surface area contributed by atoms with E-state index in [9.17, 15) is 18.0 Å². The monoisotopic (exact) mass is 421 g/mol. The topological polar surface area (TPSA) is 95.6 Å². The van der Waals surface area contributed by atoms with E-state index in [4.69, 9.17) is 0 Å². The van der Waals surface area contributed by atoms with Crippen molar-refractivity contribution in [2.75, 3.05) is 14.1 Å². The first-order chi connectivity index (χ1) is 13.7. The van der Waals surface area contributed by atoms with Crippen molar-refractivity contribution in [2.24, 2.45) is 11.8 Å². The number of piperidine rings is 1. The average Bonchev–Trinajstić information content (AvgIpc) is 2.67. The van der Waals surface area contributed by atoms with Crippen LogP contribution in [-0.4, -0.2) is 50.7 Å². The summed E-state index contributed by atoms with van der Waals surface area (Å²) in [6.07, 6.45) is 5.43. The minimum Gasteiger partial charge on any atom is -0.353 e. The summed E-state index contributed by atoms with van der Waals surface area (Å²) in [5, 5.41) is 6.18. The van der Waals surface area contributed by atoms with Crippen LogP contribution >= 0.6 is 0 Å². The van der Waals surface area contributed by atoms with Crippen LogP contribution in [0.1, 0.15) is 55.8 Å². The van der Waals surface area contributed by atoms with E-state index in [-0.39, 0.29) is 28.8 Å². The van der Waals surface area contributed by atoms with Gasteiger partial charge in [-0.2, -0.15) is 0 Å². The van der Waals surface area contributed by atoms with Crippen LogP contribution in [0.15, 0.2) is 29.2 Å². The summed E-state index contributed by atoms with van der Waals surface area (Å²) in [6.45, 7) is 2.16. The van der Waals surface area contributed by atoms with E-state index < -0.39 is 10.0 Å². The SMILES string of the molecule is CCCC1CC(=O)NC2CC(NC(=O)c3ccc(S(=O)(=O)N(C)C)cc3)CCC12. The zero-order valence-corrected chi connectivity index (χ0v) is 18.2. The van der Waals surface area contributed by atoms with Gasteiger partial charge in [-0.05, 0) is 61.8 Å². The Balaban J connectivity index is 1.62. The highest BCUT2D eigenvalue weighted by atomic mass is 32.2. The molecule has 1 aromatic rings. The van der Waals surface area contributed by atoms with Gasteiger partial charge in [-0.1, -0.05) is 13.3 Å². The number of hydrogen-bond acceptors (Lipinski definition) is 4. The Morgan fingerprint density at radius 1 is 1.21 bits per heavy atom. The number of nitrogens with zero attached hydrogens (tertiary/aromatic N) is 1. The predicted molar refractivity (Wildman–Crippen MR) is 111 cm³/mol. The second-order valence-electron chi connectivity index (χ2n) is 8.39. The summed E-state index contributed by atoms with van der Waals surface area (Å²) in [5.74, 6) is 0.849. The Bertz CT molecular complexity index is 851. The van der Waals surface area contributed by atoms with Crippen molar-refractivity contribution in [2.45, 2.75) is 62.4 Å². The molecule has 2 amide bonds. The third-order valence-corrected chi connectivity index (χ3v) is 8.02. The lowest BCUT2D eigenvalue weighted by Gasteiger charge is -2.44. The zero-order chi connectivity index (χ0) is 21.2. The molecule has 4 unspecified atom stereocenters. The molecule has 4 atom stereocenters. The van der Waals surface area contributed by atoms with Crippen LogP contribution in [0.5, 0.6) is 0 Å². The van der Waals surface area contributed by atoms with E-state index in [1.54, 1.807) is 0 Å². The Hall–Kier alpha value is -1.93. The zero-order valence-electron chi connectivity index (χ0n) is 17.3. The Morgan fingerprint density at radius 3 is 2.52 bits per heavy atom. The molecule has 2 N–H and O–H groups in total. The molecule has 1 aliphatic carbocycles. The number of fused-ring (bicyclic) bond motifs is 1. The summed E-state index contributed by atoms with van der Waals surface area (Å²) in [5.41, 5.74) is 0.432. The third-order valence-electron chi connectivity index (χ3n) is 6.19. The van der Waals surface area contributed by atoms with Crippen LogP contribution in [0, 0.1) is 11.8 Å². The van der Waals surface area contributed by atoms with Gasteiger partial charge in [0.1, 0.15) is 0 Å². The van der Waals surface area contributed by atoms with Crippen molar-refractivity contribution in [3.8, 4) is 0 Å². The minimum absolute atomic E-state index is 0.00890. The molecule has 8 heteroatoms. The molecule has 0 radical (unpaired) electrons. The molecular formula is C21H31N3O4S. The molecule has 1 saturated carbocycles. The Morgan fingerprint density at radius 2 is 1.90 bits per heavy atom. The maximum atomic E-state index is 12.6. The first-order valence-electron chi connectivity index (χ1n) is 10.3.